The molecule has 4 heteroatoms. The molecule has 0 fully saturated rings. The molecule has 0 radical (unpaired) electrons. The molecule has 0 unspecified atom stereocenters. The van der Waals surface area contributed by atoms with Gasteiger partial charge in [0.05, 0.1) is 0 Å². The molecule has 0 aromatic carbocycles. The molecule has 0 bridgehead atoms. The normalized spacial score (nSPS) is 10.9. The number of carbonyl (C=O) groups excluding carboxylic acids is 1. The van der Waals surface area contributed by atoms with E-state index in [4.69, 9.17) is 5.11 Å². The number of rotatable bonds is 3. The lowest BCUT2D eigenvalue weighted by Crippen LogP contribution is -2.20. The molecule has 1 amide bonds. The smallest absolute Gasteiger partial charge is 0.331 e. The van der Waals surface area contributed by atoms with Gasteiger partial charge in [-0.05, 0) is 6.92 Å². The topological polar surface area (TPSA) is 66.4 Å². The minimum atomic E-state index is -0.963. The molecular weight excluding hydrogens is 146 g/mol. The molecular formula is C7H11NO3. The summed E-state index contributed by atoms with van der Waals surface area (Å²) in [5.41, 5.74) is 0.235. The Balaban J connectivity index is 3.74. The van der Waals surface area contributed by atoms with Gasteiger partial charge < -0.3 is 10.4 Å². The molecule has 0 aromatic heterocycles. The van der Waals surface area contributed by atoms with Crippen LogP contribution in [0.5, 0.6) is 0 Å². The largest absolute Gasteiger partial charge is 0.478 e. The second-order valence-corrected chi connectivity index (χ2v) is 2.13. The molecule has 4 nitrogen and oxygen atoms in total. The van der Waals surface area contributed by atoms with Crippen LogP contribution in [0, 0.1) is 0 Å². The second-order valence-electron chi connectivity index (χ2n) is 2.13. The summed E-state index contributed by atoms with van der Waals surface area (Å²) in [6.07, 6.45) is 1.45. The van der Waals surface area contributed by atoms with Gasteiger partial charge in [-0.2, -0.15) is 0 Å². The quantitative estimate of drug-likeness (QED) is 0.573. The zero-order valence-corrected chi connectivity index (χ0v) is 6.55. The number of hydrogen-bond donors (Lipinski definition) is 2. The summed E-state index contributed by atoms with van der Waals surface area (Å²) in [4.78, 5) is 20.5. The van der Waals surface area contributed by atoms with Crippen LogP contribution in [0.2, 0.25) is 0 Å². The fourth-order valence-corrected chi connectivity index (χ4v) is 0.435. The van der Waals surface area contributed by atoms with E-state index in [1.807, 2.05) is 0 Å². The van der Waals surface area contributed by atoms with Crippen molar-refractivity contribution < 1.29 is 14.7 Å². The monoisotopic (exact) mass is 157 g/mol. The molecule has 0 atom stereocenters. The standard InChI is InChI=1S/C7H11NO3/c1-5(7(10)11)3-4-8-6(2)9/h3H,4H2,1-2H3,(H,8,9)(H,10,11)/b5-3+. The number of carboxylic acid groups (broad SMARTS) is 1. The van der Waals surface area contributed by atoms with Gasteiger partial charge in [0.1, 0.15) is 0 Å². The number of carbonyl (C=O) groups is 2. The van der Waals surface area contributed by atoms with Gasteiger partial charge in [0.25, 0.3) is 0 Å². The van der Waals surface area contributed by atoms with Crippen molar-refractivity contribution in [1.29, 1.82) is 0 Å². The van der Waals surface area contributed by atoms with Crippen LogP contribution in [-0.4, -0.2) is 23.5 Å². The number of nitrogens with one attached hydrogen (secondary N) is 1. The van der Waals surface area contributed by atoms with Crippen molar-refractivity contribution in [2.75, 3.05) is 6.54 Å². The molecule has 2 N–H and O–H groups in total. The molecule has 0 aliphatic rings. The Morgan fingerprint density at radius 1 is 1.45 bits per heavy atom. The van der Waals surface area contributed by atoms with Gasteiger partial charge in [-0.1, -0.05) is 6.08 Å². The van der Waals surface area contributed by atoms with Crippen molar-refractivity contribution in [3.05, 3.63) is 11.6 Å². The van der Waals surface area contributed by atoms with Crippen LogP contribution in [-0.2, 0) is 9.59 Å². The lowest BCUT2D eigenvalue weighted by atomic mass is 10.3. The lowest BCUT2D eigenvalue weighted by Gasteiger charge is -1.95. The summed E-state index contributed by atoms with van der Waals surface area (Å²) in [5, 5.41) is 10.8. The molecule has 0 spiro atoms. The van der Waals surface area contributed by atoms with Crippen molar-refractivity contribution in [3.8, 4) is 0 Å². The molecule has 0 aliphatic heterocycles. The lowest BCUT2D eigenvalue weighted by molar-refractivity contribution is -0.132. The average molecular weight is 157 g/mol. The van der Waals surface area contributed by atoms with Crippen LogP contribution in [0.3, 0.4) is 0 Å². The van der Waals surface area contributed by atoms with E-state index < -0.39 is 5.97 Å². The van der Waals surface area contributed by atoms with Crippen LogP contribution in [0.25, 0.3) is 0 Å². The zero-order chi connectivity index (χ0) is 8.85. The van der Waals surface area contributed by atoms with E-state index in [2.05, 4.69) is 5.32 Å². The van der Waals surface area contributed by atoms with Crippen LogP contribution in [0.1, 0.15) is 13.8 Å². The fourth-order valence-electron chi connectivity index (χ4n) is 0.435. The van der Waals surface area contributed by atoms with E-state index in [1.54, 1.807) is 0 Å². The van der Waals surface area contributed by atoms with Crippen molar-refractivity contribution >= 4 is 11.9 Å². The molecule has 0 saturated carbocycles. The van der Waals surface area contributed by atoms with Gasteiger partial charge in [-0.25, -0.2) is 4.79 Å². The minimum absolute atomic E-state index is 0.167. The predicted molar refractivity (Wildman–Crippen MR) is 40.1 cm³/mol. The molecule has 62 valence electrons. The highest BCUT2D eigenvalue weighted by Crippen LogP contribution is 1.89. The maximum absolute atomic E-state index is 10.3. The van der Waals surface area contributed by atoms with E-state index >= 15 is 0 Å². The third-order valence-electron chi connectivity index (χ3n) is 1.10. The number of hydrogen-bond acceptors (Lipinski definition) is 2. The Morgan fingerprint density at radius 3 is 2.36 bits per heavy atom. The van der Waals surface area contributed by atoms with Crippen LogP contribution < -0.4 is 5.32 Å². The second kappa shape index (κ2) is 4.49. The Morgan fingerprint density at radius 2 is 2.00 bits per heavy atom. The van der Waals surface area contributed by atoms with Gasteiger partial charge in [0, 0.05) is 19.0 Å². The van der Waals surface area contributed by atoms with E-state index in [0.717, 1.165) is 0 Å². The number of aliphatic carboxylic acids is 1. The van der Waals surface area contributed by atoms with E-state index in [-0.39, 0.29) is 18.0 Å². The first-order chi connectivity index (χ1) is 5.04. The summed E-state index contributed by atoms with van der Waals surface area (Å²) < 4.78 is 0. The van der Waals surface area contributed by atoms with Crippen molar-refractivity contribution in [2.24, 2.45) is 0 Å². The Kier molecular flexibility index (Phi) is 3.95. The molecule has 11 heavy (non-hydrogen) atoms. The minimum Gasteiger partial charge on any atom is -0.478 e. The Labute approximate surface area is 64.9 Å². The van der Waals surface area contributed by atoms with Crippen molar-refractivity contribution in [1.82, 2.24) is 5.32 Å². The van der Waals surface area contributed by atoms with Crippen LogP contribution >= 0.6 is 0 Å². The fraction of sp³-hybridized carbons (Fsp3) is 0.429. The SMILES string of the molecule is CC(=O)NC/C=C(\C)C(=O)O. The number of amides is 1. The third kappa shape index (κ3) is 5.14. The summed E-state index contributed by atoms with van der Waals surface area (Å²) >= 11 is 0. The van der Waals surface area contributed by atoms with Crippen molar-refractivity contribution in [3.63, 3.8) is 0 Å². The number of carboxylic acids is 1. The van der Waals surface area contributed by atoms with E-state index in [1.165, 1.54) is 19.9 Å². The van der Waals surface area contributed by atoms with Crippen LogP contribution in [0.4, 0.5) is 0 Å². The summed E-state index contributed by atoms with van der Waals surface area (Å²) in [6.45, 7) is 3.13. The van der Waals surface area contributed by atoms with E-state index in [0.29, 0.717) is 0 Å². The molecule has 0 rings (SSSR count). The molecule has 0 saturated heterocycles. The first-order valence-electron chi connectivity index (χ1n) is 3.18. The van der Waals surface area contributed by atoms with Gasteiger partial charge >= 0.3 is 5.97 Å². The summed E-state index contributed by atoms with van der Waals surface area (Å²) in [6, 6.07) is 0. The van der Waals surface area contributed by atoms with E-state index in [9.17, 15) is 9.59 Å². The van der Waals surface area contributed by atoms with Crippen LogP contribution in [0.15, 0.2) is 11.6 Å². The highest BCUT2D eigenvalue weighted by atomic mass is 16.4. The highest BCUT2D eigenvalue weighted by Gasteiger charge is 1.97. The van der Waals surface area contributed by atoms with Gasteiger partial charge in [0.2, 0.25) is 5.91 Å². The average Bonchev–Trinajstić information content (AvgIpc) is 1.86. The Bertz CT molecular complexity index is 196. The van der Waals surface area contributed by atoms with Gasteiger partial charge in [0.15, 0.2) is 0 Å². The molecule has 0 aliphatic carbocycles. The molecule has 0 heterocycles. The highest BCUT2D eigenvalue weighted by molar-refractivity contribution is 5.85. The zero-order valence-electron chi connectivity index (χ0n) is 6.55. The summed E-state index contributed by atoms with van der Waals surface area (Å²) in [5.74, 6) is -1.13. The third-order valence-corrected chi connectivity index (χ3v) is 1.10. The maximum Gasteiger partial charge on any atom is 0.331 e. The first-order valence-corrected chi connectivity index (χ1v) is 3.18. The van der Waals surface area contributed by atoms with Gasteiger partial charge in [-0.15, -0.1) is 0 Å². The Hall–Kier alpha value is -1.32. The van der Waals surface area contributed by atoms with Gasteiger partial charge in [-0.3, -0.25) is 4.79 Å². The maximum atomic E-state index is 10.3. The first kappa shape index (κ1) is 9.68. The van der Waals surface area contributed by atoms with Crippen molar-refractivity contribution in [2.45, 2.75) is 13.8 Å². The molecule has 0 aromatic rings. The predicted octanol–water partition coefficient (Wildman–Crippen LogP) is 0.153. The summed E-state index contributed by atoms with van der Waals surface area (Å²) in [7, 11) is 0.